The lowest BCUT2D eigenvalue weighted by Crippen LogP contribution is -2.22. The van der Waals surface area contributed by atoms with Gasteiger partial charge in [-0.2, -0.15) is 0 Å². The summed E-state index contributed by atoms with van der Waals surface area (Å²) in [7, 11) is 0. The zero-order valence-electron chi connectivity index (χ0n) is 11.5. The molecule has 0 radical (unpaired) electrons. The van der Waals surface area contributed by atoms with E-state index < -0.39 is 6.10 Å². The van der Waals surface area contributed by atoms with Crippen molar-refractivity contribution in [2.24, 2.45) is 5.41 Å². The number of alkyl halides is 1. The topological polar surface area (TPSA) is 41.5 Å². The van der Waals surface area contributed by atoms with Crippen molar-refractivity contribution < 1.29 is 14.2 Å². The molecule has 0 bridgehead atoms. The van der Waals surface area contributed by atoms with E-state index in [0.29, 0.717) is 18.0 Å². The molecule has 0 saturated heterocycles. The van der Waals surface area contributed by atoms with Crippen molar-refractivity contribution in [3.8, 4) is 5.75 Å². The third kappa shape index (κ3) is 6.12. The fraction of sp³-hybridized carbons (Fsp3) is 0.571. The molecular weight excluding hydrogens is 269 g/mol. The molecule has 108 valence electrons. The molecule has 0 spiro atoms. The summed E-state index contributed by atoms with van der Waals surface area (Å²) in [4.78, 5) is 0. The summed E-state index contributed by atoms with van der Waals surface area (Å²) in [6, 6.07) is 4.27. The minimum absolute atomic E-state index is 0.0152. The first kappa shape index (κ1) is 16.1. The second kappa shape index (κ2) is 6.96. The van der Waals surface area contributed by atoms with Crippen LogP contribution in [-0.2, 0) is 0 Å². The van der Waals surface area contributed by atoms with Crippen LogP contribution in [0, 0.1) is 11.2 Å². The third-order valence-corrected chi connectivity index (χ3v) is 2.66. The summed E-state index contributed by atoms with van der Waals surface area (Å²) in [6.45, 7) is 6.94. The van der Waals surface area contributed by atoms with Crippen LogP contribution in [0.5, 0.6) is 5.75 Å². The van der Waals surface area contributed by atoms with Gasteiger partial charge >= 0.3 is 0 Å². The van der Waals surface area contributed by atoms with E-state index in [1.165, 1.54) is 12.1 Å². The van der Waals surface area contributed by atoms with Gasteiger partial charge in [-0.05, 0) is 17.5 Å². The Morgan fingerprint density at radius 1 is 1.42 bits per heavy atom. The molecule has 0 amide bonds. The molecule has 2 N–H and O–H groups in total. The van der Waals surface area contributed by atoms with E-state index in [1.807, 2.05) is 0 Å². The van der Waals surface area contributed by atoms with E-state index in [1.54, 1.807) is 6.07 Å². The average Bonchev–Trinajstić information content (AvgIpc) is 2.33. The van der Waals surface area contributed by atoms with Crippen molar-refractivity contribution in [1.82, 2.24) is 0 Å². The minimum atomic E-state index is -0.680. The summed E-state index contributed by atoms with van der Waals surface area (Å²) in [5.74, 6) is 0.338. The summed E-state index contributed by atoms with van der Waals surface area (Å²) in [5.41, 5.74) is 0.537. The number of nitrogens with one attached hydrogen (secondary N) is 1. The minimum Gasteiger partial charge on any atom is -0.491 e. The van der Waals surface area contributed by atoms with Crippen molar-refractivity contribution in [2.45, 2.75) is 26.9 Å². The zero-order chi connectivity index (χ0) is 14.5. The first-order chi connectivity index (χ1) is 8.81. The molecule has 3 nitrogen and oxygen atoms in total. The quantitative estimate of drug-likeness (QED) is 0.790. The number of rotatable bonds is 6. The predicted molar refractivity (Wildman–Crippen MR) is 76.6 cm³/mol. The van der Waals surface area contributed by atoms with Gasteiger partial charge in [-0.15, -0.1) is 11.6 Å². The fourth-order valence-corrected chi connectivity index (χ4v) is 1.45. The lowest BCUT2D eigenvalue weighted by molar-refractivity contribution is 0.197. The molecule has 0 saturated carbocycles. The van der Waals surface area contributed by atoms with E-state index in [2.05, 4.69) is 26.1 Å². The van der Waals surface area contributed by atoms with Crippen LogP contribution in [0.2, 0.25) is 0 Å². The molecule has 1 unspecified atom stereocenters. The number of ether oxygens (including phenoxy) is 1. The molecule has 0 aliphatic rings. The van der Waals surface area contributed by atoms with Gasteiger partial charge in [0.25, 0.3) is 0 Å². The van der Waals surface area contributed by atoms with Crippen LogP contribution < -0.4 is 10.1 Å². The number of aliphatic hydroxyl groups is 1. The molecule has 1 aromatic carbocycles. The van der Waals surface area contributed by atoms with Crippen LogP contribution in [0.3, 0.4) is 0 Å². The molecule has 0 aliphatic heterocycles. The highest BCUT2D eigenvalue weighted by molar-refractivity contribution is 6.18. The molecule has 0 fully saturated rings. The van der Waals surface area contributed by atoms with Gasteiger partial charge in [0.1, 0.15) is 11.6 Å². The van der Waals surface area contributed by atoms with Gasteiger partial charge in [-0.1, -0.05) is 20.8 Å². The number of hydrogen-bond acceptors (Lipinski definition) is 3. The molecule has 5 heteroatoms. The molecule has 0 aliphatic carbocycles. The Hall–Kier alpha value is -1.00. The molecule has 0 aromatic heterocycles. The first-order valence-corrected chi connectivity index (χ1v) is 6.75. The SMILES string of the molecule is CC(C)(C)COc1ccc(F)cc1NCC(O)CCl. The average molecular weight is 290 g/mol. The van der Waals surface area contributed by atoms with Gasteiger partial charge in [0.05, 0.1) is 24.3 Å². The lowest BCUT2D eigenvalue weighted by atomic mass is 9.99. The Labute approximate surface area is 118 Å². The molecule has 1 rings (SSSR count). The van der Waals surface area contributed by atoms with Crippen molar-refractivity contribution in [3.05, 3.63) is 24.0 Å². The second-order valence-electron chi connectivity index (χ2n) is 5.68. The van der Waals surface area contributed by atoms with Crippen molar-refractivity contribution in [3.63, 3.8) is 0 Å². The molecule has 0 heterocycles. The molecule has 1 atom stereocenters. The highest BCUT2D eigenvalue weighted by Gasteiger charge is 2.14. The predicted octanol–water partition coefficient (Wildman–Crippen LogP) is 3.26. The normalized spacial score (nSPS) is 13.2. The van der Waals surface area contributed by atoms with Crippen LogP contribution >= 0.6 is 11.6 Å². The van der Waals surface area contributed by atoms with Crippen LogP contribution in [-0.4, -0.2) is 30.2 Å². The van der Waals surface area contributed by atoms with Crippen molar-refractivity contribution in [2.75, 3.05) is 24.3 Å². The summed E-state index contributed by atoms with van der Waals surface area (Å²) in [5, 5.41) is 12.4. The maximum atomic E-state index is 13.2. The number of anilines is 1. The largest absolute Gasteiger partial charge is 0.491 e. The smallest absolute Gasteiger partial charge is 0.142 e. The van der Waals surface area contributed by atoms with Gasteiger partial charge in [0, 0.05) is 12.6 Å². The summed E-state index contributed by atoms with van der Waals surface area (Å²) in [6.07, 6.45) is -0.680. The number of benzene rings is 1. The van der Waals surface area contributed by atoms with Crippen LogP contribution in [0.4, 0.5) is 10.1 Å². The molecule has 1 aromatic rings. The molecular formula is C14H21ClFNO2. The maximum Gasteiger partial charge on any atom is 0.142 e. The summed E-state index contributed by atoms with van der Waals surface area (Å²) >= 11 is 5.51. The Bertz CT molecular complexity index is 407. The Balaban J connectivity index is 2.74. The Morgan fingerprint density at radius 2 is 2.11 bits per heavy atom. The Morgan fingerprint density at radius 3 is 2.68 bits per heavy atom. The highest BCUT2D eigenvalue weighted by Crippen LogP contribution is 2.27. The van der Waals surface area contributed by atoms with Gasteiger partial charge in [0.2, 0.25) is 0 Å². The highest BCUT2D eigenvalue weighted by atomic mass is 35.5. The second-order valence-corrected chi connectivity index (χ2v) is 5.99. The fourth-order valence-electron chi connectivity index (χ4n) is 1.34. The zero-order valence-corrected chi connectivity index (χ0v) is 12.3. The summed E-state index contributed by atoms with van der Waals surface area (Å²) < 4.78 is 18.9. The molecule has 19 heavy (non-hydrogen) atoms. The van der Waals surface area contributed by atoms with E-state index in [9.17, 15) is 9.50 Å². The standard InChI is InChI=1S/C14H21ClFNO2/c1-14(2,3)9-19-13-5-4-10(16)6-12(13)17-8-11(18)7-15/h4-6,11,17-18H,7-9H2,1-3H3. The van der Waals surface area contributed by atoms with Crippen LogP contribution in [0.15, 0.2) is 18.2 Å². The number of hydrogen-bond donors (Lipinski definition) is 2. The van der Waals surface area contributed by atoms with Crippen LogP contribution in [0.1, 0.15) is 20.8 Å². The van der Waals surface area contributed by atoms with Crippen LogP contribution in [0.25, 0.3) is 0 Å². The van der Waals surface area contributed by atoms with E-state index in [4.69, 9.17) is 16.3 Å². The lowest BCUT2D eigenvalue weighted by Gasteiger charge is -2.21. The first-order valence-electron chi connectivity index (χ1n) is 6.22. The van der Waals surface area contributed by atoms with E-state index in [0.717, 1.165) is 0 Å². The van der Waals surface area contributed by atoms with E-state index >= 15 is 0 Å². The number of aliphatic hydroxyl groups excluding tert-OH is 1. The maximum absolute atomic E-state index is 13.2. The van der Waals surface area contributed by atoms with Gasteiger partial charge < -0.3 is 15.2 Å². The third-order valence-electron chi connectivity index (χ3n) is 2.31. The van der Waals surface area contributed by atoms with Gasteiger partial charge in [-0.3, -0.25) is 0 Å². The van der Waals surface area contributed by atoms with Gasteiger partial charge in [-0.25, -0.2) is 4.39 Å². The monoisotopic (exact) mass is 289 g/mol. The van der Waals surface area contributed by atoms with E-state index in [-0.39, 0.29) is 23.7 Å². The Kier molecular flexibility index (Phi) is 5.88. The van der Waals surface area contributed by atoms with Gasteiger partial charge in [0.15, 0.2) is 0 Å². The van der Waals surface area contributed by atoms with Crippen molar-refractivity contribution >= 4 is 17.3 Å². The number of halogens is 2. The van der Waals surface area contributed by atoms with Crippen molar-refractivity contribution in [1.29, 1.82) is 0 Å².